The number of nitrogens with one attached hydrogen (secondary N) is 2. The molecule has 1 aromatic heterocycles. The highest BCUT2D eigenvalue weighted by molar-refractivity contribution is 5.85. The number of pyridine rings is 1. The number of hydrogen-bond donors (Lipinski definition) is 2. The molecular weight excluding hydrogens is 340 g/mol. The summed E-state index contributed by atoms with van der Waals surface area (Å²) in [7, 11) is 0. The minimum atomic E-state index is -0.604. The van der Waals surface area contributed by atoms with E-state index in [1.807, 2.05) is 62.4 Å². The topological polar surface area (TPSA) is 71.2 Å². The van der Waals surface area contributed by atoms with Gasteiger partial charge < -0.3 is 15.0 Å². The molecule has 0 saturated heterocycles. The number of aryl methyl sites for hydroxylation is 2. The maximum Gasteiger partial charge on any atom is 0.260 e. The van der Waals surface area contributed by atoms with Crippen LogP contribution in [-0.4, -0.2) is 23.5 Å². The van der Waals surface area contributed by atoms with E-state index in [1.165, 1.54) is 0 Å². The van der Waals surface area contributed by atoms with Gasteiger partial charge in [-0.1, -0.05) is 30.3 Å². The Labute approximate surface area is 158 Å². The summed E-state index contributed by atoms with van der Waals surface area (Å²) in [5.41, 5.74) is 3.58. The largest absolute Gasteiger partial charge is 0.481 e. The average molecular weight is 364 g/mol. The van der Waals surface area contributed by atoms with Crippen LogP contribution in [0.4, 0.5) is 0 Å². The van der Waals surface area contributed by atoms with Gasteiger partial charge in [0.05, 0.1) is 5.52 Å². The van der Waals surface area contributed by atoms with Gasteiger partial charge in [0, 0.05) is 17.5 Å². The minimum absolute atomic E-state index is 0.112. The SMILES string of the molecule is Cc1ccc(C)c2[nH]c(=O)c(CCNC(=O)C(C)Oc3ccccc3)cc12. The van der Waals surface area contributed by atoms with Crippen molar-refractivity contribution in [3.8, 4) is 5.75 Å². The highest BCUT2D eigenvalue weighted by Crippen LogP contribution is 2.19. The summed E-state index contributed by atoms with van der Waals surface area (Å²) in [4.78, 5) is 27.5. The number of benzene rings is 2. The summed E-state index contributed by atoms with van der Waals surface area (Å²) < 4.78 is 5.61. The van der Waals surface area contributed by atoms with E-state index in [1.54, 1.807) is 6.92 Å². The zero-order chi connectivity index (χ0) is 19.4. The Kier molecular flexibility index (Phi) is 5.60. The summed E-state index contributed by atoms with van der Waals surface area (Å²) >= 11 is 0. The van der Waals surface area contributed by atoms with Gasteiger partial charge in [0.1, 0.15) is 5.75 Å². The second-order valence-corrected chi connectivity index (χ2v) is 6.73. The Hall–Kier alpha value is -3.08. The summed E-state index contributed by atoms with van der Waals surface area (Å²) in [6.45, 7) is 6.08. The lowest BCUT2D eigenvalue weighted by atomic mass is 10.0. The van der Waals surface area contributed by atoms with Gasteiger partial charge in [-0.25, -0.2) is 0 Å². The van der Waals surface area contributed by atoms with Crippen LogP contribution < -0.4 is 15.6 Å². The van der Waals surface area contributed by atoms with E-state index in [-0.39, 0.29) is 11.5 Å². The molecule has 0 fully saturated rings. The van der Waals surface area contributed by atoms with E-state index in [0.29, 0.717) is 24.3 Å². The van der Waals surface area contributed by atoms with Crippen LogP contribution in [0.5, 0.6) is 5.75 Å². The van der Waals surface area contributed by atoms with Crippen LogP contribution in [0.2, 0.25) is 0 Å². The fourth-order valence-electron chi connectivity index (χ4n) is 3.02. The number of carbonyl (C=O) groups excluding carboxylic acids is 1. The first-order chi connectivity index (χ1) is 13.0. The van der Waals surface area contributed by atoms with Crippen LogP contribution in [0, 0.1) is 13.8 Å². The predicted molar refractivity (Wildman–Crippen MR) is 107 cm³/mol. The van der Waals surface area contributed by atoms with Gasteiger partial charge in [0.15, 0.2) is 6.10 Å². The van der Waals surface area contributed by atoms with E-state index >= 15 is 0 Å². The van der Waals surface area contributed by atoms with Crippen LogP contribution in [-0.2, 0) is 11.2 Å². The number of para-hydroxylation sites is 1. The summed E-state index contributed by atoms with van der Waals surface area (Å²) in [5.74, 6) is 0.445. The molecule has 1 heterocycles. The fraction of sp³-hybridized carbons (Fsp3) is 0.273. The lowest BCUT2D eigenvalue weighted by molar-refractivity contribution is -0.127. The molecule has 0 aliphatic carbocycles. The zero-order valence-electron chi connectivity index (χ0n) is 15.8. The molecule has 27 heavy (non-hydrogen) atoms. The quantitative estimate of drug-likeness (QED) is 0.705. The highest BCUT2D eigenvalue weighted by atomic mass is 16.5. The maximum absolute atomic E-state index is 12.4. The smallest absolute Gasteiger partial charge is 0.260 e. The molecule has 0 aliphatic rings. The third-order valence-electron chi connectivity index (χ3n) is 4.64. The van der Waals surface area contributed by atoms with Crippen molar-refractivity contribution in [2.24, 2.45) is 0 Å². The normalized spacial score (nSPS) is 12.0. The second kappa shape index (κ2) is 8.08. The Morgan fingerprint density at radius 3 is 2.56 bits per heavy atom. The van der Waals surface area contributed by atoms with Crippen molar-refractivity contribution in [1.82, 2.24) is 10.3 Å². The van der Waals surface area contributed by atoms with Crippen molar-refractivity contribution in [3.05, 3.63) is 75.6 Å². The third-order valence-corrected chi connectivity index (χ3v) is 4.64. The van der Waals surface area contributed by atoms with Crippen molar-refractivity contribution in [2.45, 2.75) is 33.3 Å². The number of ether oxygens (including phenoxy) is 1. The molecule has 5 heteroatoms. The van der Waals surface area contributed by atoms with E-state index in [9.17, 15) is 9.59 Å². The molecule has 1 amide bonds. The first kappa shape index (κ1) is 18.7. The number of aromatic nitrogens is 1. The van der Waals surface area contributed by atoms with Gasteiger partial charge in [0.2, 0.25) is 0 Å². The summed E-state index contributed by atoms with van der Waals surface area (Å²) in [6.07, 6.45) is -0.144. The minimum Gasteiger partial charge on any atom is -0.481 e. The fourth-order valence-corrected chi connectivity index (χ4v) is 3.02. The Bertz CT molecular complexity index is 1010. The maximum atomic E-state index is 12.4. The number of carbonyl (C=O) groups is 1. The number of hydrogen-bond acceptors (Lipinski definition) is 3. The molecular formula is C22H24N2O3. The van der Waals surface area contributed by atoms with E-state index in [4.69, 9.17) is 4.74 Å². The Morgan fingerprint density at radius 1 is 1.11 bits per heavy atom. The molecule has 0 saturated carbocycles. The van der Waals surface area contributed by atoms with Crippen LogP contribution in [0.15, 0.2) is 53.3 Å². The average Bonchev–Trinajstić information content (AvgIpc) is 2.66. The first-order valence-corrected chi connectivity index (χ1v) is 9.07. The molecule has 2 N–H and O–H groups in total. The van der Waals surface area contributed by atoms with Crippen LogP contribution >= 0.6 is 0 Å². The third kappa shape index (κ3) is 4.37. The molecule has 0 aliphatic heterocycles. The molecule has 0 radical (unpaired) electrons. The van der Waals surface area contributed by atoms with Crippen LogP contribution in [0.3, 0.4) is 0 Å². The summed E-state index contributed by atoms with van der Waals surface area (Å²) in [5, 5.41) is 3.87. The van der Waals surface area contributed by atoms with Gasteiger partial charge in [-0.15, -0.1) is 0 Å². The van der Waals surface area contributed by atoms with Gasteiger partial charge in [-0.05, 0) is 56.5 Å². The first-order valence-electron chi connectivity index (χ1n) is 9.07. The Morgan fingerprint density at radius 2 is 1.81 bits per heavy atom. The number of rotatable bonds is 6. The van der Waals surface area contributed by atoms with Gasteiger partial charge in [-0.3, -0.25) is 9.59 Å². The molecule has 140 valence electrons. The van der Waals surface area contributed by atoms with Gasteiger partial charge in [-0.2, -0.15) is 0 Å². The standard InChI is InChI=1S/C22H24N2O3/c1-14-9-10-15(2)20-19(14)13-17(22(26)24-20)11-12-23-21(25)16(3)27-18-7-5-4-6-8-18/h4-10,13,16H,11-12H2,1-3H3,(H,23,25)(H,24,26). The van der Waals surface area contributed by atoms with Gasteiger partial charge in [0.25, 0.3) is 11.5 Å². The number of aromatic amines is 1. The van der Waals surface area contributed by atoms with Crippen LogP contribution in [0.25, 0.3) is 10.9 Å². The summed E-state index contributed by atoms with van der Waals surface area (Å²) in [6, 6.07) is 15.2. The van der Waals surface area contributed by atoms with Crippen molar-refractivity contribution < 1.29 is 9.53 Å². The van der Waals surface area contributed by atoms with Crippen molar-refractivity contribution >= 4 is 16.8 Å². The molecule has 5 nitrogen and oxygen atoms in total. The van der Waals surface area contributed by atoms with Gasteiger partial charge >= 0.3 is 0 Å². The molecule has 3 rings (SSSR count). The monoisotopic (exact) mass is 364 g/mol. The molecule has 2 aromatic carbocycles. The Balaban J connectivity index is 1.63. The van der Waals surface area contributed by atoms with E-state index < -0.39 is 6.10 Å². The van der Waals surface area contributed by atoms with E-state index in [2.05, 4.69) is 10.3 Å². The zero-order valence-corrected chi connectivity index (χ0v) is 15.8. The van der Waals surface area contributed by atoms with Crippen molar-refractivity contribution in [2.75, 3.05) is 6.54 Å². The molecule has 1 unspecified atom stereocenters. The second-order valence-electron chi connectivity index (χ2n) is 6.73. The lowest BCUT2D eigenvalue weighted by Crippen LogP contribution is -2.37. The molecule has 0 bridgehead atoms. The lowest BCUT2D eigenvalue weighted by Gasteiger charge is -2.14. The van der Waals surface area contributed by atoms with E-state index in [0.717, 1.165) is 22.0 Å². The predicted octanol–water partition coefficient (Wildman–Crippen LogP) is 3.27. The molecule has 3 aromatic rings. The number of H-pyrrole nitrogens is 1. The number of amides is 1. The highest BCUT2D eigenvalue weighted by Gasteiger charge is 2.14. The van der Waals surface area contributed by atoms with Crippen LogP contribution in [0.1, 0.15) is 23.6 Å². The van der Waals surface area contributed by atoms with Crippen molar-refractivity contribution in [1.29, 1.82) is 0 Å². The van der Waals surface area contributed by atoms with Crippen molar-refractivity contribution in [3.63, 3.8) is 0 Å². The number of fused-ring (bicyclic) bond motifs is 1. The molecule has 0 spiro atoms. The molecule has 1 atom stereocenters.